The van der Waals surface area contributed by atoms with E-state index in [0.717, 1.165) is 38.0 Å². The monoisotopic (exact) mass is 288 g/mol. The maximum absolute atomic E-state index is 11.9. The van der Waals surface area contributed by atoms with Crippen LogP contribution in [0.25, 0.3) is 0 Å². The molecule has 0 bridgehead atoms. The van der Waals surface area contributed by atoms with Crippen LogP contribution in [0.4, 0.5) is 4.79 Å². The topological polar surface area (TPSA) is 57.3 Å². The first kappa shape index (κ1) is 15.5. The van der Waals surface area contributed by atoms with Crippen molar-refractivity contribution in [1.29, 1.82) is 0 Å². The molecule has 0 radical (unpaired) electrons. The fourth-order valence-electron chi connectivity index (χ4n) is 2.54. The van der Waals surface area contributed by atoms with Crippen LogP contribution >= 0.6 is 0 Å². The van der Waals surface area contributed by atoms with Gasteiger partial charge in [0, 0.05) is 44.6 Å². The number of carbonyl (C=O) groups is 1. The third kappa shape index (κ3) is 5.55. The molecule has 2 heterocycles. The minimum atomic E-state index is -0.0998. The SMILES string of the molecule is C=C(C)CN1CCC(NC(=O)NCc2cccnc2)CC1. The highest BCUT2D eigenvalue weighted by Crippen LogP contribution is 2.11. The van der Waals surface area contributed by atoms with E-state index in [2.05, 4.69) is 34.0 Å². The number of nitrogens with zero attached hydrogens (tertiary/aromatic N) is 2. The molecular formula is C16H24N4O. The number of pyridine rings is 1. The number of likely N-dealkylation sites (tertiary alicyclic amines) is 1. The van der Waals surface area contributed by atoms with E-state index in [9.17, 15) is 4.79 Å². The van der Waals surface area contributed by atoms with Crippen LogP contribution in [-0.2, 0) is 6.54 Å². The van der Waals surface area contributed by atoms with E-state index in [1.54, 1.807) is 12.4 Å². The lowest BCUT2D eigenvalue weighted by Crippen LogP contribution is -2.47. The van der Waals surface area contributed by atoms with Crippen LogP contribution in [0.2, 0.25) is 0 Å². The van der Waals surface area contributed by atoms with Crippen molar-refractivity contribution in [3.8, 4) is 0 Å². The van der Waals surface area contributed by atoms with Gasteiger partial charge in [0.25, 0.3) is 0 Å². The molecule has 0 unspecified atom stereocenters. The van der Waals surface area contributed by atoms with E-state index in [4.69, 9.17) is 0 Å². The van der Waals surface area contributed by atoms with E-state index in [0.29, 0.717) is 6.54 Å². The molecule has 1 aromatic rings. The summed E-state index contributed by atoms with van der Waals surface area (Å²) in [5.41, 5.74) is 2.19. The number of piperidine rings is 1. The molecule has 114 valence electrons. The quantitative estimate of drug-likeness (QED) is 0.814. The molecule has 2 amide bonds. The highest BCUT2D eigenvalue weighted by molar-refractivity contribution is 5.74. The fourth-order valence-corrected chi connectivity index (χ4v) is 2.54. The maximum atomic E-state index is 11.9. The van der Waals surface area contributed by atoms with Crippen molar-refractivity contribution in [2.24, 2.45) is 0 Å². The Bertz CT molecular complexity index is 466. The largest absolute Gasteiger partial charge is 0.335 e. The Morgan fingerprint density at radius 1 is 1.48 bits per heavy atom. The van der Waals surface area contributed by atoms with Gasteiger partial charge in [0.1, 0.15) is 0 Å². The molecule has 1 saturated heterocycles. The Balaban J connectivity index is 1.66. The summed E-state index contributed by atoms with van der Waals surface area (Å²) in [6, 6.07) is 3.98. The standard InChI is InChI=1S/C16H24N4O/c1-13(2)12-20-8-5-15(6-9-20)19-16(21)18-11-14-4-3-7-17-10-14/h3-4,7,10,15H,1,5-6,8-9,11-12H2,2H3,(H2,18,19,21). The van der Waals surface area contributed by atoms with Crippen LogP contribution in [0, 0.1) is 0 Å². The second kappa shape index (κ2) is 7.78. The van der Waals surface area contributed by atoms with Crippen LogP contribution in [0.3, 0.4) is 0 Å². The third-order valence-electron chi connectivity index (χ3n) is 3.59. The summed E-state index contributed by atoms with van der Waals surface area (Å²) >= 11 is 0. The molecular weight excluding hydrogens is 264 g/mol. The summed E-state index contributed by atoms with van der Waals surface area (Å²) in [6.45, 7) is 9.49. The van der Waals surface area contributed by atoms with Crippen molar-refractivity contribution in [2.45, 2.75) is 32.4 Å². The Morgan fingerprint density at radius 2 is 2.24 bits per heavy atom. The Labute approximate surface area is 126 Å². The molecule has 0 saturated carbocycles. The molecule has 2 N–H and O–H groups in total. The Kier molecular flexibility index (Phi) is 5.75. The summed E-state index contributed by atoms with van der Waals surface area (Å²) in [4.78, 5) is 18.3. The van der Waals surface area contributed by atoms with Gasteiger partial charge in [-0.15, -0.1) is 0 Å². The number of urea groups is 1. The maximum Gasteiger partial charge on any atom is 0.315 e. The van der Waals surface area contributed by atoms with Gasteiger partial charge >= 0.3 is 6.03 Å². The normalized spacial score (nSPS) is 16.4. The van der Waals surface area contributed by atoms with Crippen molar-refractivity contribution in [3.63, 3.8) is 0 Å². The van der Waals surface area contributed by atoms with E-state index in [1.807, 2.05) is 12.1 Å². The average Bonchev–Trinajstić information content (AvgIpc) is 2.48. The van der Waals surface area contributed by atoms with Gasteiger partial charge in [-0.25, -0.2) is 4.79 Å². The van der Waals surface area contributed by atoms with Crippen molar-refractivity contribution >= 4 is 6.03 Å². The summed E-state index contributed by atoms with van der Waals surface area (Å²) in [5.74, 6) is 0. The second-order valence-electron chi connectivity index (χ2n) is 5.70. The lowest BCUT2D eigenvalue weighted by molar-refractivity contribution is 0.201. The summed E-state index contributed by atoms with van der Waals surface area (Å²) in [6.07, 6.45) is 5.47. The minimum Gasteiger partial charge on any atom is -0.335 e. The van der Waals surface area contributed by atoms with Crippen LogP contribution in [0.5, 0.6) is 0 Å². The number of amides is 2. The zero-order chi connectivity index (χ0) is 15.1. The zero-order valence-corrected chi connectivity index (χ0v) is 12.6. The molecule has 2 rings (SSSR count). The molecule has 1 aliphatic heterocycles. The summed E-state index contributed by atoms with van der Waals surface area (Å²) < 4.78 is 0. The van der Waals surface area contributed by atoms with Gasteiger partial charge in [0.2, 0.25) is 0 Å². The number of nitrogens with one attached hydrogen (secondary N) is 2. The van der Waals surface area contributed by atoms with Crippen LogP contribution in [0.1, 0.15) is 25.3 Å². The van der Waals surface area contributed by atoms with Gasteiger partial charge in [-0.05, 0) is 31.4 Å². The number of aromatic nitrogens is 1. The van der Waals surface area contributed by atoms with Crippen molar-refractivity contribution in [2.75, 3.05) is 19.6 Å². The first-order valence-electron chi connectivity index (χ1n) is 7.43. The van der Waals surface area contributed by atoms with Gasteiger partial charge in [-0.3, -0.25) is 9.88 Å². The highest BCUT2D eigenvalue weighted by Gasteiger charge is 2.20. The number of rotatable bonds is 5. The first-order chi connectivity index (χ1) is 10.1. The van der Waals surface area contributed by atoms with E-state index in [-0.39, 0.29) is 12.1 Å². The van der Waals surface area contributed by atoms with Gasteiger partial charge in [-0.2, -0.15) is 0 Å². The van der Waals surface area contributed by atoms with E-state index >= 15 is 0 Å². The molecule has 0 spiro atoms. The van der Waals surface area contributed by atoms with Crippen molar-refractivity contribution in [1.82, 2.24) is 20.5 Å². The molecule has 21 heavy (non-hydrogen) atoms. The van der Waals surface area contributed by atoms with Gasteiger partial charge < -0.3 is 10.6 Å². The smallest absolute Gasteiger partial charge is 0.315 e. The predicted molar refractivity (Wildman–Crippen MR) is 83.9 cm³/mol. The fraction of sp³-hybridized carbons (Fsp3) is 0.500. The van der Waals surface area contributed by atoms with Gasteiger partial charge in [0.15, 0.2) is 0 Å². The second-order valence-corrected chi connectivity index (χ2v) is 5.70. The number of hydrogen-bond acceptors (Lipinski definition) is 3. The first-order valence-corrected chi connectivity index (χ1v) is 7.43. The van der Waals surface area contributed by atoms with Crippen LogP contribution in [-0.4, -0.2) is 41.6 Å². The Morgan fingerprint density at radius 3 is 2.86 bits per heavy atom. The van der Waals surface area contributed by atoms with Gasteiger partial charge in [0.05, 0.1) is 0 Å². The van der Waals surface area contributed by atoms with E-state index in [1.165, 1.54) is 5.57 Å². The van der Waals surface area contributed by atoms with Crippen LogP contribution in [0.15, 0.2) is 36.7 Å². The third-order valence-corrected chi connectivity index (χ3v) is 3.59. The molecule has 5 nitrogen and oxygen atoms in total. The Hall–Kier alpha value is -1.88. The molecule has 0 aliphatic carbocycles. The predicted octanol–water partition coefficient (Wildman–Crippen LogP) is 1.92. The lowest BCUT2D eigenvalue weighted by atomic mass is 10.0. The molecule has 0 aromatic carbocycles. The molecule has 5 heteroatoms. The molecule has 1 aromatic heterocycles. The van der Waals surface area contributed by atoms with E-state index < -0.39 is 0 Å². The molecule has 1 fully saturated rings. The summed E-state index contributed by atoms with van der Waals surface area (Å²) in [5, 5.41) is 5.92. The van der Waals surface area contributed by atoms with Crippen molar-refractivity contribution in [3.05, 3.63) is 42.2 Å². The molecule has 1 aliphatic rings. The number of carbonyl (C=O) groups excluding carboxylic acids is 1. The minimum absolute atomic E-state index is 0.0998. The number of hydrogen-bond donors (Lipinski definition) is 2. The lowest BCUT2D eigenvalue weighted by Gasteiger charge is -2.32. The summed E-state index contributed by atoms with van der Waals surface area (Å²) in [7, 11) is 0. The zero-order valence-electron chi connectivity index (χ0n) is 12.6. The van der Waals surface area contributed by atoms with Gasteiger partial charge in [-0.1, -0.05) is 18.2 Å². The van der Waals surface area contributed by atoms with Crippen molar-refractivity contribution < 1.29 is 4.79 Å². The van der Waals surface area contributed by atoms with Crippen LogP contribution < -0.4 is 10.6 Å². The highest BCUT2D eigenvalue weighted by atomic mass is 16.2. The average molecular weight is 288 g/mol. The molecule has 0 atom stereocenters.